The first-order valence-corrected chi connectivity index (χ1v) is 11.7. The van der Waals surface area contributed by atoms with Gasteiger partial charge in [0.1, 0.15) is 0 Å². The molecule has 3 atom stereocenters. The summed E-state index contributed by atoms with van der Waals surface area (Å²) in [5.41, 5.74) is 1.82. The molecule has 4 nitrogen and oxygen atoms in total. The third kappa shape index (κ3) is 5.01. The summed E-state index contributed by atoms with van der Waals surface area (Å²) in [6.45, 7) is 4.16. The maximum absolute atomic E-state index is 13.2. The van der Waals surface area contributed by atoms with Crippen LogP contribution in [0.1, 0.15) is 63.2 Å². The normalized spacial score (nSPS) is 18.8. The predicted octanol–water partition coefficient (Wildman–Crippen LogP) is 6.63. The van der Waals surface area contributed by atoms with E-state index in [2.05, 4.69) is 25.1 Å². The minimum atomic E-state index is -0.728. The minimum absolute atomic E-state index is 0.136. The lowest BCUT2D eigenvalue weighted by Gasteiger charge is -2.21. The van der Waals surface area contributed by atoms with Crippen LogP contribution in [0.5, 0.6) is 0 Å². The van der Waals surface area contributed by atoms with Gasteiger partial charge < -0.3 is 9.47 Å². The summed E-state index contributed by atoms with van der Waals surface area (Å²) in [7, 11) is 0. The summed E-state index contributed by atoms with van der Waals surface area (Å²) in [4.78, 5) is 17.9. The summed E-state index contributed by atoms with van der Waals surface area (Å²) in [6.07, 6.45) is 4.85. The molecular formula is C28H31NO3. The molecule has 0 bridgehead atoms. The van der Waals surface area contributed by atoms with Gasteiger partial charge in [-0.05, 0) is 42.7 Å². The van der Waals surface area contributed by atoms with E-state index in [1.165, 1.54) is 19.3 Å². The van der Waals surface area contributed by atoms with Crippen molar-refractivity contribution in [2.75, 3.05) is 0 Å². The summed E-state index contributed by atoms with van der Waals surface area (Å²) in [5.74, 6) is 0.165. The third-order valence-electron chi connectivity index (χ3n) is 5.96. The molecule has 0 fully saturated rings. The number of rotatable bonds is 9. The van der Waals surface area contributed by atoms with Crippen LogP contribution in [0.3, 0.4) is 0 Å². The fourth-order valence-corrected chi connectivity index (χ4v) is 4.23. The highest BCUT2D eigenvalue weighted by Crippen LogP contribution is 2.36. The van der Waals surface area contributed by atoms with Gasteiger partial charge in [0.05, 0.1) is 6.10 Å². The van der Waals surface area contributed by atoms with E-state index in [0.29, 0.717) is 5.90 Å². The van der Waals surface area contributed by atoms with Gasteiger partial charge in [0.2, 0.25) is 5.90 Å². The quantitative estimate of drug-likeness (QED) is 0.283. The van der Waals surface area contributed by atoms with E-state index in [-0.39, 0.29) is 12.1 Å². The van der Waals surface area contributed by atoms with E-state index >= 15 is 0 Å². The number of aliphatic imine (C=N–C) groups is 1. The van der Waals surface area contributed by atoms with Crippen LogP contribution in [0.15, 0.2) is 77.8 Å². The van der Waals surface area contributed by atoms with E-state index < -0.39 is 12.1 Å². The molecule has 0 aromatic heterocycles. The number of ether oxygens (including phenoxy) is 2. The molecule has 4 heteroatoms. The number of benzene rings is 3. The fourth-order valence-electron chi connectivity index (χ4n) is 4.23. The van der Waals surface area contributed by atoms with Crippen molar-refractivity contribution in [3.05, 3.63) is 83.9 Å². The summed E-state index contributed by atoms with van der Waals surface area (Å²) >= 11 is 0. The van der Waals surface area contributed by atoms with Crippen LogP contribution in [0.25, 0.3) is 10.8 Å². The highest BCUT2D eigenvalue weighted by atomic mass is 16.6. The van der Waals surface area contributed by atoms with Gasteiger partial charge in [-0.15, -0.1) is 0 Å². The van der Waals surface area contributed by atoms with E-state index in [0.717, 1.165) is 34.7 Å². The Hall–Kier alpha value is -3.14. The number of hydrogen-bond acceptors (Lipinski definition) is 4. The lowest BCUT2D eigenvalue weighted by atomic mass is 9.96. The smallest absolute Gasteiger partial charge is 0.335 e. The molecule has 0 aliphatic carbocycles. The van der Waals surface area contributed by atoms with Crippen LogP contribution in [0.2, 0.25) is 0 Å². The van der Waals surface area contributed by atoms with Gasteiger partial charge in [-0.3, -0.25) is 0 Å². The Kier molecular flexibility index (Phi) is 7.21. The van der Waals surface area contributed by atoms with Crippen LogP contribution in [0.4, 0.5) is 0 Å². The maximum atomic E-state index is 13.2. The van der Waals surface area contributed by atoms with Gasteiger partial charge in [0.15, 0.2) is 12.1 Å². The van der Waals surface area contributed by atoms with Gasteiger partial charge in [0, 0.05) is 11.1 Å². The molecule has 3 aromatic carbocycles. The highest BCUT2D eigenvalue weighted by molar-refractivity contribution is 5.99. The molecule has 0 spiro atoms. The minimum Gasteiger partial charge on any atom is -0.466 e. The zero-order valence-electron chi connectivity index (χ0n) is 18.9. The maximum Gasteiger partial charge on any atom is 0.335 e. The molecule has 0 N–H and O–H groups in total. The van der Waals surface area contributed by atoms with Crippen LogP contribution in [0, 0.1) is 0 Å². The van der Waals surface area contributed by atoms with E-state index in [1.807, 2.05) is 61.5 Å². The first kappa shape index (κ1) is 22.1. The zero-order valence-corrected chi connectivity index (χ0v) is 18.9. The fraction of sp³-hybridized carbons (Fsp3) is 0.357. The zero-order chi connectivity index (χ0) is 22.3. The summed E-state index contributed by atoms with van der Waals surface area (Å²) in [6, 6.07) is 23.2. The molecule has 32 heavy (non-hydrogen) atoms. The average molecular weight is 430 g/mol. The standard InChI is InChI=1S/C28H31NO3/c1-3-4-5-7-13-20(2)31-28(30)25-26(32-27(29-25)22-15-8-6-9-16-22)24-19-12-17-21-14-10-11-18-23(21)24/h6,8-12,14-20,25-26H,3-5,7,13H2,1-2H3/t20-,25+,26+/m0/s1. The number of unbranched alkanes of at least 4 members (excludes halogenated alkanes) is 3. The molecule has 0 saturated carbocycles. The monoisotopic (exact) mass is 429 g/mol. The first-order valence-electron chi connectivity index (χ1n) is 11.7. The van der Waals surface area contributed by atoms with E-state index in [1.54, 1.807) is 0 Å². The highest BCUT2D eigenvalue weighted by Gasteiger charge is 2.40. The average Bonchev–Trinajstić information content (AvgIpc) is 3.27. The van der Waals surface area contributed by atoms with Crippen molar-refractivity contribution in [3.8, 4) is 0 Å². The number of carbonyl (C=O) groups is 1. The lowest BCUT2D eigenvalue weighted by Crippen LogP contribution is -2.29. The summed E-state index contributed by atoms with van der Waals surface area (Å²) < 4.78 is 12.2. The second-order valence-electron chi connectivity index (χ2n) is 8.45. The first-order chi connectivity index (χ1) is 15.7. The largest absolute Gasteiger partial charge is 0.466 e. The van der Waals surface area contributed by atoms with Crippen molar-refractivity contribution in [3.63, 3.8) is 0 Å². The SMILES string of the molecule is CCCCCC[C@H](C)OC(=O)[C@@H]1N=C(c2ccccc2)O[C@@H]1c1cccc2ccccc12. The van der Waals surface area contributed by atoms with Gasteiger partial charge in [-0.2, -0.15) is 0 Å². The Labute approximate surface area is 190 Å². The number of hydrogen-bond donors (Lipinski definition) is 0. The lowest BCUT2D eigenvalue weighted by molar-refractivity contribution is -0.151. The van der Waals surface area contributed by atoms with Gasteiger partial charge in [-0.1, -0.05) is 86.8 Å². The van der Waals surface area contributed by atoms with Crippen molar-refractivity contribution < 1.29 is 14.3 Å². The Balaban J connectivity index is 1.59. The van der Waals surface area contributed by atoms with Crippen LogP contribution < -0.4 is 0 Å². The molecule has 0 radical (unpaired) electrons. The van der Waals surface area contributed by atoms with Crippen LogP contribution in [-0.2, 0) is 14.3 Å². The Morgan fingerprint density at radius 2 is 1.72 bits per heavy atom. The molecule has 0 unspecified atom stereocenters. The second kappa shape index (κ2) is 10.4. The van der Waals surface area contributed by atoms with Crippen LogP contribution in [-0.4, -0.2) is 24.0 Å². The van der Waals surface area contributed by atoms with Crippen molar-refractivity contribution in [2.45, 2.75) is 64.2 Å². The van der Waals surface area contributed by atoms with Gasteiger partial charge >= 0.3 is 5.97 Å². The van der Waals surface area contributed by atoms with Crippen molar-refractivity contribution in [1.82, 2.24) is 0 Å². The third-order valence-corrected chi connectivity index (χ3v) is 5.96. The molecule has 4 rings (SSSR count). The Morgan fingerprint density at radius 3 is 2.53 bits per heavy atom. The van der Waals surface area contributed by atoms with E-state index in [4.69, 9.17) is 14.5 Å². The summed E-state index contributed by atoms with van der Waals surface area (Å²) in [5, 5.41) is 2.17. The number of nitrogens with zero attached hydrogens (tertiary/aromatic N) is 1. The second-order valence-corrected chi connectivity index (χ2v) is 8.45. The van der Waals surface area contributed by atoms with Crippen molar-refractivity contribution in [2.24, 2.45) is 4.99 Å². The van der Waals surface area contributed by atoms with Gasteiger partial charge in [0.25, 0.3) is 0 Å². The molecule has 1 heterocycles. The number of esters is 1. The van der Waals surface area contributed by atoms with E-state index in [9.17, 15) is 4.79 Å². The predicted molar refractivity (Wildman–Crippen MR) is 129 cm³/mol. The Morgan fingerprint density at radius 1 is 0.969 bits per heavy atom. The number of carbonyl (C=O) groups excluding carboxylic acids is 1. The molecule has 0 amide bonds. The molecule has 166 valence electrons. The van der Waals surface area contributed by atoms with Crippen molar-refractivity contribution in [1.29, 1.82) is 0 Å². The molecule has 1 aliphatic rings. The Bertz CT molecular complexity index is 1070. The molecular weight excluding hydrogens is 398 g/mol. The van der Waals surface area contributed by atoms with Crippen molar-refractivity contribution >= 4 is 22.6 Å². The molecule has 1 aliphatic heterocycles. The van der Waals surface area contributed by atoms with Crippen LogP contribution >= 0.6 is 0 Å². The van der Waals surface area contributed by atoms with Gasteiger partial charge in [-0.25, -0.2) is 9.79 Å². The number of fused-ring (bicyclic) bond motifs is 1. The molecule has 0 saturated heterocycles. The molecule has 3 aromatic rings. The topological polar surface area (TPSA) is 47.9 Å².